The number of hydrogen-bond donors (Lipinski definition) is 2. The highest BCUT2D eigenvalue weighted by atomic mass is 32.2. The highest BCUT2D eigenvalue weighted by Crippen LogP contribution is 2.27. The van der Waals surface area contributed by atoms with Gasteiger partial charge in [0.15, 0.2) is 11.0 Å². The molecule has 9 heteroatoms. The first-order valence-corrected chi connectivity index (χ1v) is 13.1. The Balaban J connectivity index is 1.33. The monoisotopic (exact) mass is 492 g/mol. The van der Waals surface area contributed by atoms with Crippen LogP contribution in [0, 0.1) is 0 Å². The number of carbonyl (C=O) groups excluding carboxylic acids is 2. The van der Waals surface area contributed by atoms with Crippen LogP contribution in [-0.2, 0) is 9.59 Å². The molecule has 0 radical (unpaired) electrons. The lowest BCUT2D eigenvalue weighted by atomic mass is 10.1. The molecule has 35 heavy (non-hydrogen) atoms. The molecule has 0 saturated carbocycles. The number of para-hydroxylation sites is 1. The summed E-state index contributed by atoms with van der Waals surface area (Å²) in [4.78, 5) is 26.8. The van der Waals surface area contributed by atoms with Gasteiger partial charge >= 0.3 is 0 Å². The van der Waals surface area contributed by atoms with E-state index in [0.29, 0.717) is 18.2 Å². The summed E-state index contributed by atoms with van der Waals surface area (Å²) in [6, 6.07) is 20.0. The fourth-order valence-electron chi connectivity index (χ4n) is 4.11. The van der Waals surface area contributed by atoms with Gasteiger partial charge in [0.05, 0.1) is 12.3 Å². The number of hydrogen-bond acceptors (Lipinski definition) is 6. The number of carbonyl (C=O) groups is 2. The third-order valence-corrected chi connectivity index (χ3v) is 6.83. The van der Waals surface area contributed by atoms with Crippen molar-refractivity contribution in [2.75, 3.05) is 31.9 Å². The second-order valence-corrected chi connectivity index (χ2v) is 9.54. The third kappa shape index (κ3) is 6.93. The van der Waals surface area contributed by atoms with Crippen LogP contribution in [0.5, 0.6) is 0 Å². The lowest BCUT2D eigenvalue weighted by Crippen LogP contribution is -2.47. The molecule has 2 N–H and O–H groups in total. The highest BCUT2D eigenvalue weighted by molar-refractivity contribution is 7.99. The van der Waals surface area contributed by atoms with E-state index in [0.717, 1.165) is 49.4 Å². The topological polar surface area (TPSA) is 92.2 Å². The van der Waals surface area contributed by atoms with E-state index in [1.807, 2.05) is 72.2 Å². The zero-order chi connectivity index (χ0) is 24.5. The molecule has 2 heterocycles. The van der Waals surface area contributed by atoms with Crippen molar-refractivity contribution in [2.24, 2.45) is 0 Å². The predicted molar refractivity (Wildman–Crippen MR) is 138 cm³/mol. The van der Waals surface area contributed by atoms with Crippen molar-refractivity contribution in [3.8, 4) is 17.1 Å². The molecule has 8 nitrogen and oxygen atoms in total. The average Bonchev–Trinajstić information content (AvgIpc) is 3.32. The van der Waals surface area contributed by atoms with Gasteiger partial charge in [-0.1, -0.05) is 67.2 Å². The van der Waals surface area contributed by atoms with E-state index in [1.165, 1.54) is 11.8 Å². The molecule has 0 atom stereocenters. The zero-order valence-corrected chi connectivity index (χ0v) is 20.8. The second-order valence-electron chi connectivity index (χ2n) is 8.60. The first-order chi connectivity index (χ1) is 17.1. The summed E-state index contributed by atoms with van der Waals surface area (Å²) in [7, 11) is 0. The molecule has 0 unspecified atom stereocenters. The van der Waals surface area contributed by atoms with E-state index in [2.05, 4.69) is 25.7 Å². The van der Waals surface area contributed by atoms with Crippen molar-refractivity contribution >= 4 is 23.6 Å². The molecular formula is C26H32N6O2S. The van der Waals surface area contributed by atoms with Crippen LogP contribution in [0.4, 0.5) is 0 Å². The summed E-state index contributed by atoms with van der Waals surface area (Å²) in [6.45, 7) is 4.80. The molecule has 2 amide bonds. The van der Waals surface area contributed by atoms with Gasteiger partial charge in [-0.25, -0.2) is 0 Å². The van der Waals surface area contributed by atoms with E-state index < -0.39 is 0 Å². The minimum absolute atomic E-state index is 0.0157. The Morgan fingerprint density at radius 3 is 2.34 bits per heavy atom. The summed E-state index contributed by atoms with van der Waals surface area (Å²) in [5, 5.41) is 15.6. The van der Waals surface area contributed by atoms with Gasteiger partial charge in [-0.05, 0) is 31.4 Å². The Kier molecular flexibility index (Phi) is 8.91. The molecule has 1 fully saturated rings. The quantitative estimate of drug-likeness (QED) is 0.423. The van der Waals surface area contributed by atoms with E-state index in [4.69, 9.17) is 0 Å². The Hall–Kier alpha value is -3.17. The molecule has 2 aromatic carbocycles. The van der Waals surface area contributed by atoms with Gasteiger partial charge in [-0.2, -0.15) is 0 Å². The van der Waals surface area contributed by atoms with Crippen LogP contribution in [0.2, 0.25) is 0 Å². The standard InChI is InChI=1S/C26H32N6O2S/c1-2-15-27-23(33)18-31-16-13-21(14-17-31)28-24(34)19-35-26-30-29-25(20-9-5-3-6-10-20)32(26)22-11-7-4-8-12-22/h3-12,21H,2,13-19H2,1H3,(H,27,33)(H,28,34). The van der Waals surface area contributed by atoms with Gasteiger partial charge < -0.3 is 10.6 Å². The predicted octanol–water partition coefficient (Wildman–Crippen LogP) is 3.13. The van der Waals surface area contributed by atoms with Gasteiger partial charge in [0, 0.05) is 36.9 Å². The lowest BCUT2D eigenvalue weighted by molar-refractivity contribution is -0.123. The SMILES string of the molecule is CCCNC(=O)CN1CCC(NC(=O)CSc2nnc(-c3ccccc3)n2-c2ccccc2)CC1. The van der Waals surface area contributed by atoms with E-state index in [-0.39, 0.29) is 23.6 Å². The van der Waals surface area contributed by atoms with Crippen molar-refractivity contribution in [1.29, 1.82) is 0 Å². The van der Waals surface area contributed by atoms with Crippen LogP contribution >= 0.6 is 11.8 Å². The third-order valence-electron chi connectivity index (χ3n) is 5.90. The summed E-state index contributed by atoms with van der Waals surface area (Å²) in [5.41, 5.74) is 1.92. The van der Waals surface area contributed by atoms with Crippen LogP contribution in [0.25, 0.3) is 17.1 Å². The minimum atomic E-state index is -0.0157. The fourth-order valence-corrected chi connectivity index (χ4v) is 4.87. The molecular weight excluding hydrogens is 460 g/mol. The van der Waals surface area contributed by atoms with Crippen molar-refractivity contribution < 1.29 is 9.59 Å². The highest BCUT2D eigenvalue weighted by Gasteiger charge is 2.23. The van der Waals surface area contributed by atoms with Gasteiger partial charge in [0.1, 0.15) is 0 Å². The molecule has 3 aromatic rings. The normalized spacial score (nSPS) is 14.5. The largest absolute Gasteiger partial charge is 0.355 e. The molecule has 0 spiro atoms. The molecule has 1 aliphatic heterocycles. The summed E-state index contributed by atoms with van der Waals surface area (Å²) < 4.78 is 2.00. The number of nitrogens with one attached hydrogen (secondary N) is 2. The average molecular weight is 493 g/mol. The van der Waals surface area contributed by atoms with Crippen LogP contribution in [0.15, 0.2) is 65.8 Å². The van der Waals surface area contributed by atoms with E-state index >= 15 is 0 Å². The molecule has 1 aromatic heterocycles. The van der Waals surface area contributed by atoms with Crippen molar-refractivity contribution in [2.45, 2.75) is 37.4 Å². The second kappa shape index (κ2) is 12.5. The van der Waals surface area contributed by atoms with Crippen LogP contribution in [-0.4, -0.2) is 69.5 Å². The molecule has 0 bridgehead atoms. The van der Waals surface area contributed by atoms with Crippen LogP contribution < -0.4 is 10.6 Å². The number of rotatable bonds is 10. The summed E-state index contributed by atoms with van der Waals surface area (Å²) in [5.74, 6) is 1.07. The minimum Gasteiger partial charge on any atom is -0.355 e. The maximum Gasteiger partial charge on any atom is 0.234 e. The molecule has 184 valence electrons. The first-order valence-electron chi connectivity index (χ1n) is 12.1. The Morgan fingerprint density at radius 2 is 1.66 bits per heavy atom. The van der Waals surface area contributed by atoms with Crippen molar-refractivity contribution in [1.82, 2.24) is 30.3 Å². The summed E-state index contributed by atoms with van der Waals surface area (Å²) in [6.07, 6.45) is 2.62. The Morgan fingerprint density at radius 1 is 0.971 bits per heavy atom. The van der Waals surface area contributed by atoms with Gasteiger partial charge in [0.2, 0.25) is 11.8 Å². The van der Waals surface area contributed by atoms with Crippen molar-refractivity contribution in [3.05, 3.63) is 60.7 Å². The molecule has 0 aliphatic carbocycles. The number of likely N-dealkylation sites (tertiary alicyclic amines) is 1. The molecule has 1 aliphatic rings. The van der Waals surface area contributed by atoms with E-state index in [9.17, 15) is 9.59 Å². The van der Waals surface area contributed by atoms with Gasteiger partial charge in [-0.15, -0.1) is 10.2 Å². The van der Waals surface area contributed by atoms with E-state index in [1.54, 1.807) is 0 Å². The number of aromatic nitrogens is 3. The van der Waals surface area contributed by atoms with Gasteiger partial charge in [-0.3, -0.25) is 19.1 Å². The number of benzene rings is 2. The Bertz CT molecular complexity index is 1100. The number of amides is 2. The number of nitrogens with zero attached hydrogens (tertiary/aromatic N) is 4. The fraction of sp³-hybridized carbons (Fsp3) is 0.385. The molecule has 1 saturated heterocycles. The summed E-state index contributed by atoms with van der Waals surface area (Å²) >= 11 is 1.38. The Labute approximate surface area is 210 Å². The molecule has 4 rings (SSSR count). The van der Waals surface area contributed by atoms with Crippen molar-refractivity contribution in [3.63, 3.8) is 0 Å². The smallest absolute Gasteiger partial charge is 0.234 e. The van der Waals surface area contributed by atoms with Crippen LogP contribution in [0.3, 0.4) is 0 Å². The number of piperidine rings is 1. The maximum absolute atomic E-state index is 12.7. The maximum atomic E-state index is 12.7. The van der Waals surface area contributed by atoms with Crippen LogP contribution in [0.1, 0.15) is 26.2 Å². The van der Waals surface area contributed by atoms with Gasteiger partial charge in [0.25, 0.3) is 0 Å². The first kappa shape index (κ1) is 24.9. The number of thioether (sulfide) groups is 1. The zero-order valence-electron chi connectivity index (χ0n) is 20.0. The lowest BCUT2D eigenvalue weighted by Gasteiger charge is -2.31.